The molecule has 0 bridgehead atoms. The van der Waals surface area contributed by atoms with Crippen LogP contribution in [-0.4, -0.2) is 9.97 Å². The van der Waals surface area contributed by atoms with Gasteiger partial charge < -0.3 is 5.73 Å². The highest BCUT2D eigenvalue weighted by Crippen LogP contribution is 2.35. The molecule has 0 unspecified atom stereocenters. The van der Waals surface area contributed by atoms with Crippen LogP contribution in [0, 0.1) is 0 Å². The van der Waals surface area contributed by atoms with Crippen LogP contribution in [0.25, 0.3) is 21.3 Å². The third-order valence-corrected chi connectivity index (χ3v) is 3.78. The third kappa shape index (κ3) is 1.75. The predicted octanol–water partition coefficient (Wildman–Crippen LogP) is 3.50. The van der Waals surface area contributed by atoms with E-state index >= 15 is 0 Å². The molecule has 0 spiro atoms. The molecule has 0 radical (unpaired) electrons. The molecule has 1 aromatic carbocycles. The summed E-state index contributed by atoms with van der Waals surface area (Å²) in [4.78, 5) is 9.85. The maximum Gasteiger partial charge on any atom is 0.136 e. The number of thiophene rings is 1. The summed E-state index contributed by atoms with van der Waals surface area (Å²) in [7, 11) is 0. The maximum absolute atomic E-state index is 6.07. The Morgan fingerprint density at radius 3 is 2.67 bits per heavy atom. The van der Waals surface area contributed by atoms with Crippen LogP contribution in [-0.2, 0) is 6.42 Å². The van der Waals surface area contributed by atoms with Gasteiger partial charge in [-0.3, -0.25) is 0 Å². The summed E-state index contributed by atoms with van der Waals surface area (Å²) >= 11 is 1.62. The van der Waals surface area contributed by atoms with Crippen LogP contribution < -0.4 is 5.73 Å². The van der Waals surface area contributed by atoms with E-state index in [-0.39, 0.29) is 0 Å². The predicted molar refractivity (Wildman–Crippen MR) is 76.6 cm³/mol. The van der Waals surface area contributed by atoms with E-state index in [0.29, 0.717) is 5.82 Å². The van der Waals surface area contributed by atoms with E-state index in [1.807, 2.05) is 25.1 Å². The number of hydrogen-bond acceptors (Lipinski definition) is 4. The standard InChI is InChI=1S/C14H13N3S/c1-2-11-16-13(15)12-10(8-18-14(12)17-11)9-6-4-3-5-7-9/h3-8H,2H2,1H3,(H2,15,16,17). The summed E-state index contributed by atoms with van der Waals surface area (Å²) in [6.07, 6.45) is 0.804. The molecule has 0 amide bonds. The lowest BCUT2D eigenvalue weighted by Crippen LogP contribution is -1.98. The van der Waals surface area contributed by atoms with Gasteiger partial charge in [0.05, 0.1) is 5.39 Å². The molecule has 2 aromatic heterocycles. The molecule has 0 aliphatic heterocycles. The Kier molecular flexibility index (Phi) is 2.72. The molecule has 0 saturated heterocycles. The Bertz CT molecular complexity index is 689. The summed E-state index contributed by atoms with van der Waals surface area (Å²) < 4.78 is 0. The van der Waals surface area contributed by atoms with Crippen molar-refractivity contribution in [2.24, 2.45) is 0 Å². The van der Waals surface area contributed by atoms with Crippen LogP contribution in [0.5, 0.6) is 0 Å². The van der Waals surface area contributed by atoms with Crippen LogP contribution in [0.2, 0.25) is 0 Å². The molecule has 0 saturated carbocycles. The first kappa shape index (κ1) is 11.2. The minimum Gasteiger partial charge on any atom is -0.383 e. The summed E-state index contributed by atoms with van der Waals surface area (Å²) in [5, 5.41) is 3.08. The molecule has 90 valence electrons. The summed E-state index contributed by atoms with van der Waals surface area (Å²) in [6.45, 7) is 2.03. The van der Waals surface area contributed by atoms with E-state index in [1.54, 1.807) is 11.3 Å². The Morgan fingerprint density at radius 2 is 1.94 bits per heavy atom. The second-order valence-electron chi connectivity index (χ2n) is 4.07. The first-order chi connectivity index (χ1) is 8.79. The van der Waals surface area contributed by atoms with Crippen LogP contribution in [0.3, 0.4) is 0 Å². The van der Waals surface area contributed by atoms with Gasteiger partial charge >= 0.3 is 0 Å². The monoisotopic (exact) mass is 255 g/mol. The van der Waals surface area contributed by atoms with Gasteiger partial charge in [-0.25, -0.2) is 9.97 Å². The maximum atomic E-state index is 6.07. The van der Waals surface area contributed by atoms with Gasteiger partial charge in [-0.15, -0.1) is 11.3 Å². The molecular formula is C14H13N3S. The average Bonchev–Trinajstić information content (AvgIpc) is 2.84. The van der Waals surface area contributed by atoms with Crippen LogP contribution in [0.4, 0.5) is 5.82 Å². The molecule has 2 heterocycles. The molecule has 3 rings (SSSR count). The second-order valence-corrected chi connectivity index (χ2v) is 4.93. The van der Waals surface area contributed by atoms with Gasteiger partial charge in [-0.05, 0) is 5.56 Å². The number of nitrogen functional groups attached to an aromatic ring is 1. The SMILES string of the molecule is CCc1nc(N)c2c(-c3ccccc3)csc2n1. The lowest BCUT2D eigenvalue weighted by atomic mass is 10.1. The Morgan fingerprint density at radius 1 is 1.17 bits per heavy atom. The van der Waals surface area contributed by atoms with Gasteiger partial charge in [-0.1, -0.05) is 37.3 Å². The quantitative estimate of drug-likeness (QED) is 0.762. The summed E-state index contributed by atoms with van der Waals surface area (Å²) in [5.74, 6) is 1.39. The molecule has 0 atom stereocenters. The topological polar surface area (TPSA) is 51.8 Å². The van der Waals surface area contributed by atoms with Gasteiger partial charge in [0.1, 0.15) is 16.5 Å². The molecule has 0 fully saturated rings. The molecular weight excluding hydrogens is 242 g/mol. The van der Waals surface area contributed by atoms with E-state index in [1.165, 1.54) is 0 Å². The molecule has 3 nitrogen and oxygen atoms in total. The third-order valence-electron chi connectivity index (χ3n) is 2.91. The number of nitrogens with zero attached hydrogens (tertiary/aromatic N) is 2. The van der Waals surface area contributed by atoms with Crippen molar-refractivity contribution < 1.29 is 0 Å². The largest absolute Gasteiger partial charge is 0.383 e. The zero-order chi connectivity index (χ0) is 12.5. The van der Waals surface area contributed by atoms with Crippen molar-refractivity contribution in [3.05, 3.63) is 41.5 Å². The van der Waals surface area contributed by atoms with E-state index in [4.69, 9.17) is 5.73 Å². The van der Waals surface area contributed by atoms with Crippen molar-refractivity contribution in [1.29, 1.82) is 0 Å². The van der Waals surface area contributed by atoms with Crippen LogP contribution in [0.1, 0.15) is 12.7 Å². The number of anilines is 1. The lowest BCUT2D eigenvalue weighted by molar-refractivity contribution is 0.969. The number of hydrogen-bond donors (Lipinski definition) is 1. The Hall–Kier alpha value is -1.94. The highest BCUT2D eigenvalue weighted by molar-refractivity contribution is 7.17. The number of rotatable bonds is 2. The number of aryl methyl sites for hydroxylation is 1. The fourth-order valence-corrected chi connectivity index (χ4v) is 2.98. The fraction of sp³-hybridized carbons (Fsp3) is 0.143. The molecule has 4 heteroatoms. The summed E-state index contributed by atoms with van der Waals surface area (Å²) in [5.41, 5.74) is 8.35. The zero-order valence-electron chi connectivity index (χ0n) is 10.1. The van der Waals surface area contributed by atoms with Gasteiger partial charge in [-0.2, -0.15) is 0 Å². The minimum absolute atomic E-state index is 0.581. The Balaban J connectivity index is 2.27. The van der Waals surface area contributed by atoms with Crippen molar-refractivity contribution in [1.82, 2.24) is 9.97 Å². The van der Waals surface area contributed by atoms with Crippen molar-refractivity contribution in [2.45, 2.75) is 13.3 Å². The highest BCUT2D eigenvalue weighted by Gasteiger charge is 2.12. The normalized spacial score (nSPS) is 10.9. The van der Waals surface area contributed by atoms with Crippen LogP contribution in [0.15, 0.2) is 35.7 Å². The number of aromatic nitrogens is 2. The van der Waals surface area contributed by atoms with E-state index in [2.05, 4.69) is 27.5 Å². The minimum atomic E-state index is 0.581. The van der Waals surface area contributed by atoms with Gasteiger partial charge in [0.2, 0.25) is 0 Å². The van der Waals surface area contributed by atoms with Crippen molar-refractivity contribution in [3.8, 4) is 11.1 Å². The zero-order valence-corrected chi connectivity index (χ0v) is 10.9. The van der Waals surface area contributed by atoms with Crippen molar-refractivity contribution in [3.63, 3.8) is 0 Å². The number of benzene rings is 1. The van der Waals surface area contributed by atoms with Crippen LogP contribution >= 0.6 is 11.3 Å². The average molecular weight is 255 g/mol. The molecule has 2 N–H and O–H groups in total. The van der Waals surface area contributed by atoms with Gasteiger partial charge in [0.15, 0.2) is 0 Å². The molecule has 3 aromatic rings. The molecule has 0 aliphatic carbocycles. The van der Waals surface area contributed by atoms with Crippen molar-refractivity contribution in [2.75, 3.05) is 5.73 Å². The van der Waals surface area contributed by atoms with Gasteiger partial charge in [0, 0.05) is 17.4 Å². The summed E-state index contributed by atoms with van der Waals surface area (Å²) in [6, 6.07) is 10.2. The van der Waals surface area contributed by atoms with Gasteiger partial charge in [0.25, 0.3) is 0 Å². The lowest BCUT2D eigenvalue weighted by Gasteiger charge is -2.03. The first-order valence-corrected chi connectivity index (χ1v) is 6.76. The molecule has 0 aliphatic rings. The highest BCUT2D eigenvalue weighted by atomic mass is 32.1. The first-order valence-electron chi connectivity index (χ1n) is 5.88. The number of nitrogens with two attached hydrogens (primary N) is 1. The smallest absolute Gasteiger partial charge is 0.136 e. The second kappa shape index (κ2) is 4.38. The van der Waals surface area contributed by atoms with E-state index in [0.717, 1.165) is 33.6 Å². The van der Waals surface area contributed by atoms with Crippen molar-refractivity contribution >= 4 is 27.4 Å². The van der Waals surface area contributed by atoms with E-state index in [9.17, 15) is 0 Å². The fourth-order valence-electron chi connectivity index (χ4n) is 2.00. The Labute approximate surface area is 109 Å². The number of fused-ring (bicyclic) bond motifs is 1. The van der Waals surface area contributed by atoms with E-state index < -0.39 is 0 Å². The molecule has 18 heavy (non-hydrogen) atoms.